The zero-order chi connectivity index (χ0) is 19.2. The van der Waals surface area contributed by atoms with E-state index in [1.807, 2.05) is 0 Å². The normalized spacial score (nSPS) is 14.8. The molecule has 1 amide bonds. The Morgan fingerprint density at radius 1 is 1.22 bits per heavy atom. The Morgan fingerprint density at radius 3 is 2.81 bits per heavy atom. The summed E-state index contributed by atoms with van der Waals surface area (Å²) in [5.74, 6) is -1.10. The molecular formula is C17H12ClN3O5S. The van der Waals surface area contributed by atoms with Crippen molar-refractivity contribution in [1.82, 2.24) is 9.88 Å². The lowest BCUT2D eigenvalue weighted by Gasteiger charge is -2.06. The summed E-state index contributed by atoms with van der Waals surface area (Å²) in [5.41, 5.74) is 1.18. The van der Waals surface area contributed by atoms with E-state index in [9.17, 15) is 18.0 Å². The summed E-state index contributed by atoms with van der Waals surface area (Å²) in [6, 6.07) is 11.0. The van der Waals surface area contributed by atoms with E-state index >= 15 is 0 Å². The first kappa shape index (κ1) is 17.5. The minimum atomic E-state index is -3.81. The molecule has 3 aromatic rings. The maximum absolute atomic E-state index is 12.3. The molecule has 1 aliphatic rings. The minimum absolute atomic E-state index is 0.0215. The van der Waals surface area contributed by atoms with Crippen LogP contribution in [0.4, 0.5) is 0 Å². The lowest BCUT2D eigenvalue weighted by Crippen LogP contribution is -2.31. The molecule has 27 heavy (non-hydrogen) atoms. The summed E-state index contributed by atoms with van der Waals surface area (Å²) in [7, 11) is -3.81. The molecule has 0 radical (unpaired) electrons. The molecule has 10 heteroatoms. The third kappa shape index (κ3) is 3.15. The molecule has 2 aromatic carbocycles. The first-order valence-electron chi connectivity index (χ1n) is 7.88. The molecule has 0 spiro atoms. The van der Waals surface area contributed by atoms with Gasteiger partial charge in [-0.3, -0.25) is 9.36 Å². The zero-order valence-corrected chi connectivity index (χ0v) is 15.2. The number of hydrogen-bond acceptors (Lipinski definition) is 5. The number of oxazole rings is 1. The highest BCUT2D eigenvalue weighted by molar-refractivity contribution is 7.90. The van der Waals surface area contributed by atoms with Gasteiger partial charge in [0.2, 0.25) is 5.91 Å². The van der Waals surface area contributed by atoms with E-state index in [4.69, 9.17) is 16.0 Å². The largest absolute Gasteiger partial charge is 0.419 e. The number of aryl methyl sites for hydroxylation is 1. The fourth-order valence-corrected chi connectivity index (χ4v) is 4.19. The predicted molar refractivity (Wildman–Crippen MR) is 98.4 cm³/mol. The van der Waals surface area contributed by atoms with Gasteiger partial charge in [-0.05, 0) is 24.3 Å². The van der Waals surface area contributed by atoms with E-state index < -0.39 is 21.7 Å². The van der Waals surface area contributed by atoms with Crippen molar-refractivity contribution in [1.29, 1.82) is 0 Å². The van der Waals surface area contributed by atoms with Crippen LogP contribution in [-0.2, 0) is 21.4 Å². The van der Waals surface area contributed by atoms with Gasteiger partial charge in [-0.1, -0.05) is 23.7 Å². The molecule has 0 saturated heterocycles. The molecule has 4 rings (SSSR count). The first-order chi connectivity index (χ1) is 12.8. The van der Waals surface area contributed by atoms with E-state index in [-0.39, 0.29) is 23.7 Å². The molecule has 2 heterocycles. The highest BCUT2D eigenvalue weighted by Crippen LogP contribution is 2.25. The van der Waals surface area contributed by atoms with Crippen LogP contribution in [0.15, 0.2) is 61.0 Å². The van der Waals surface area contributed by atoms with Crippen LogP contribution in [0.25, 0.3) is 11.1 Å². The number of halogens is 1. The molecule has 0 saturated carbocycles. The Hall–Kier alpha value is -2.91. The number of fused-ring (bicyclic) bond motifs is 2. The number of amides is 1. The first-order valence-corrected chi connectivity index (χ1v) is 9.70. The number of rotatable bonds is 3. The lowest BCUT2D eigenvalue weighted by molar-refractivity contribution is -0.119. The highest BCUT2D eigenvalue weighted by Gasteiger charge is 2.29. The fourth-order valence-electron chi connectivity index (χ4n) is 2.86. The molecule has 0 atom stereocenters. The van der Waals surface area contributed by atoms with Crippen molar-refractivity contribution in [2.45, 2.75) is 17.9 Å². The molecule has 1 aliphatic heterocycles. The molecule has 138 valence electrons. The smallest absolute Gasteiger partial charge is 0.408 e. The van der Waals surface area contributed by atoms with Gasteiger partial charge in [0.05, 0.1) is 5.52 Å². The molecule has 1 aromatic heterocycles. The average Bonchev–Trinajstić information content (AvgIpc) is 3.06. The number of carbonyl (C=O) groups is 1. The van der Waals surface area contributed by atoms with Gasteiger partial charge in [0.25, 0.3) is 10.0 Å². The van der Waals surface area contributed by atoms with Gasteiger partial charge in [-0.15, -0.1) is 4.40 Å². The predicted octanol–water partition coefficient (Wildman–Crippen LogP) is 1.90. The fraction of sp³-hybridized carbons (Fsp3) is 0.118. The maximum atomic E-state index is 12.3. The van der Waals surface area contributed by atoms with Gasteiger partial charge >= 0.3 is 5.76 Å². The van der Waals surface area contributed by atoms with E-state index in [1.54, 1.807) is 30.3 Å². The van der Waals surface area contributed by atoms with Crippen LogP contribution in [0.1, 0.15) is 12.0 Å². The second kappa shape index (κ2) is 6.36. The summed E-state index contributed by atoms with van der Waals surface area (Å²) in [4.78, 5) is 24.3. The molecule has 0 bridgehead atoms. The maximum Gasteiger partial charge on any atom is 0.419 e. The number of aromatic nitrogens is 1. The molecule has 8 nitrogen and oxygen atoms in total. The van der Waals surface area contributed by atoms with E-state index in [0.29, 0.717) is 21.7 Å². The Labute approximate surface area is 158 Å². The van der Waals surface area contributed by atoms with Crippen molar-refractivity contribution in [2.24, 2.45) is 4.40 Å². The van der Waals surface area contributed by atoms with E-state index in [0.717, 1.165) is 0 Å². The van der Waals surface area contributed by atoms with Gasteiger partial charge in [-0.2, -0.15) is 8.42 Å². The Bertz CT molecular complexity index is 1270. The second-order valence-corrected chi connectivity index (χ2v) is 7.85. The van der Waals surface area contributed by atoms with E-state index in [1.165, 1.54) is 16.7 Å². The standard InChI is InChI=1S/C17H12ClN3O5S/c18-10-5-6-12-13(9-10)26-17(23)21(12)8-7-15(22)19-16-11-3-1-2-4-14(11)27(24,25)20-16/h1-6,9H,7-8H2,(H,19,20,22). The number of nitrogens with zero attached hydrogens (tertiary/aromatic N) is 2. The van der Waals surface area contributed by atoms with Crippen LogP contribution in [0.2, 0.25) is 5.02 Å². The van der Waals surface area contributed by atoms with Gasteiger partial charge in [0, 0.05) is 29.6 Å². The third-order valence-corrected chi connectivity index (χ3v) is 5.65. The zero-order valence-electron chi connectivity index (χ0n) is 13.7. The van der Waals surface area contributed by atoms with Gasteiger partial charge in [-0.25, -0.2) is 4.79 Å². The lowest BCUT2D eigenvalue weighted by atomic mass is 10.2. The SMILES string of the molecule is O=C(CCn1c(=O)oc2cc(Cl)ccc21)NC1=NS(=O)(=O)c2ccccc21. The third-order valence-electron chi connectivity index (χ3n) is 4.08. The van der Waals surface area contributed by atoms with Crippen LogP contribution in [0, 0.1) is 0 Å². The van der Waals surface area contributed by atoms with Crippen LogP contribution >= 0.6 is 11.6 Å². The molecule has 1 N–H and O–H groups in total. The minimum Gasteiger partial charge on any atom is -0.408 e. The monoisotopic (exact) mass is 405 g/mol. The number of carbonyl (C=O) groups excluding carboxylic acids is 1. The number of nitrogens with one attached hydrogen (secondary N) is 1. The second-order valence-electron chi connectivity index (χ2n) is 5.84. The van der Waals surface area contributed by atoms with Crippen molar-refractivity contribution >= 4 is 44.5 Å². The van der Waals surface area contributed by atoms with Crippen molar-refractivity contribution in [3.63, 3.8) is 0 Å². The summed E-state index contributed by atoms with van der Waals surface area (Å²) >= 11 is 5.87. The molecule has 0 fully saturated rings. The van der Waals surface area contributed by atoms with Crippen LogP contribution in [0.5, 0.6) is 0 Å². The average molecular weight is 406 g/mol. The number of hydrogen-bond donors (Lipinski definition) is 1. The Kier molecular flexibility index (Phi) is 4.12. The van der Waals surface area contributed by atoms with E-state index in [2.05, 4.69) is 9.71 Å². The molecular weight excluding hydrogens is 394 g/mol. The van der Waals surface area contributed by atoms with Crippen molar-refractivity contribution in [3.8, 4) is 0 Å². The summed E-state index contributed by atoms with van der Waals surface area (Å²) in [6.07, 6.45) is -0.0710. The number of sulfonamides is 1. The summed E-state index contributed by atoms with van der Waals surface area (Å²) in [5, 5.41) is 2.93. The summed E-state index contributed by atoms with van der Waals surface area (Å²) < 4.78 is 34.0. The van der Waals surface area contributed by atoms with Gasteiger partial charge in [0.15, 0.2) is 11.4 Å². The van der Waals surface area contributed by atoms with Gasteiger partial charge in [0.1, 0.15) is 4.90 Å². The Balaban J connectivity index is 1.52. The number of benzene rings is 2. The van der Waals surface area contributed by atoms with Crippen LogP contribution in [-0.4, -0.2) is 24.7 Å². The molecule has 0 unspecified atom stereocenters. The Morgan fingerprint density at radius 2 is 2.00 bits per heavy atom. The highest BCUT2D eigenvalue weighted by atomic mass is 35.5. The van der Waals surface area contributed by atoms with Crippen LogP contribution in [0.3, 0.4) is 0 Å². The van der Waals surface area contributed by atoms with Crippen LogP contribution < -0.4 is 11.1 Å². The summed E-state index contributed by atoms with van der Waals surface area (Å²) in [6.45, 7) is 0.0565. The van der Waals surface area contributed by atoms with Gasteiger partial charge < -0.3 is 9.73 Å². The number of amidine groups is 1. The topological polar surface area (TPSA) is 111 Å². The molecule has 0 aliphatic carbocycles. The van der Waals surface area contributed by atoms with Crippen molar-refractivity contribution < 1.29 is 17.6 Å². The van der Waals surface area contributed by atoms with Crippen molar-refractivity contribution in [3.05, 3.63) is 63.6 Å². The van der Waals surface area contributed by atoms with Crippen molar-refractivity contribution in [2.75, 3.05) is 0 Å². The quantitative estimate of drug-likeness (QED) is 0.715.